The minimum absolute atomic E-state index is 0.408. The highest BCUT2D eigenvalue weighted by atomic mass is 16.5. The van der Waals surface area contributed by atoms with Crippen molar-refractivity contribution < 1.29 is 4.52 Å². The smallest absolute Gasteiger partial charge is 0.227 e. The van der Waals surface area contributed by atoms with E-state index < -0.39 is 0 Å². The van der Waals surface area contributed by atoms with Gasteiger partial charge in [0.2, 0.25) is 5.89 Å². The van der Waals surface area contributed by atoms with Crippen LogP contribution >= 0.6 is 0 Å². The van der Waals surface area contributed by atoms with Crippen molar-refractivity contribution in [2.45, 2.75) is 26.2 Å². The molecule has 0 aliphatic rings. The second-order valence-corrected chi connectivity index (χ2v) is 3.75. The average Bonchev–Trinajstić information content (AvgIpc) is 2.65. The van der Waals surface area contributed by atoms with Crippen LogP contribution in [0.3, 0.4) is 0 Å². The molecule has 0 bridgehead atoms. The summed E-state index contributed by atoms with van der Waals surface area (Å²) in [5, 5.41) is 3.78. The normalized spacial score (nSPS) is 12.7. The fourth-order valence-electron chi connectivity index (χ4n) is 1.58. The molecule has 1 heterocycles. The summed E-state index contributed by atoms with van der Waals surface area (Å²) in [5.41, 5.74) is 1.30. The number of aromatic nitrogens is 2. The van der Waals surface area contributed by atoms with Crippen molar-refractivity contribution in [2.75, 3.05) is 0 Å². The molecule has 15 heavy (non-hydrogen) atoms. The van der Waals surface area contributed by atoms with E-state index in [-0.39, 0.29) is 0 Å². The van der Waals surface area contributed by atoms with Crippen molar-refractivity contribution >= 4 is 0 Å². The molecule has 1 atom stereocenters. The van der Waals surface area contributed by atoms with E-state index in [4.69, 9.17) is 4.52 Å². The number of nitrogens with zero attached hydrogens (tertiary/aromatic N) is 2. The second kappa shape index (κ2) is 4.26. The van der Waals surface area contributed by atoms with E-state index in [0.717, 1.165) is 6.42 Å². The number of aryl methyl sites for hydroxylation is 1. The van der Waals surface area contributed by atoms with E-state index >= 15 is 0 Å². The molecule has 0 unspecified atom stereocenters. The standard InChI is InChI=1S/C12H14N2O/c1-9(11-6-4-3-5-7-11)8-12-13-10(2)14-15-12/h3-7,9H,8H2,1-2H3/t9-/m0/s1. The first-order valence-electron chi connectivity index (χ1n) is 5.10. The SMILES string of the molecule is Cc1noc(C[C@H](C)c2ccccc2)n1. The van der Waals surface area contributed by atoms with Crippen molar-refractivity contribution in [1.82, 2.24) is 10.1 Å². The molecule has 3 nitrogen and oxygen atoms in total. The predicted octanol–water partition coefficient (Wildman–Crippen LogP) is 2.72. The molecule has 2 rings (SSSR count). The van der Waals surface area contributed by atoms with Crippen LogP contribution in [0.15, 0.2) is 34.9 Å². The fraction of sp³-hybridized carbons (Fsp3) is 0.333. The predicted molar refractivity (Wildman–Crippen MR) is 57.6 cm³/mol. The van der Waals surface area contributed by atoms with Crippen LogP contribution in [-0.4, -0.2) is 10.1 Å². The summed E-state index contributed by atoms with van der Waals surface area (Å²) >= 11 is 0. The molecule has 1 aromatic carbocycles. The summed E-state index contributed by atoms with van der Waals surface area (Å²) in [6.07, 6.45) is 0.796. The Balaban J connectivity index is 2.07. The van der Waals surface area contributed by atoms with Crippen molar-refractivity contribution in [3.8, 4) is 0 Å². The summed E-state index contributed by atoms with van der Waals surface area (Å²) in [7, 11) is 0. The van der Waals surface area contributed by atoms with Crippen LogP contribution in [-0.2, 0) is 6.42 Å². The maximum absolute atomic E-state index is 5.10. The zero-order valence-corrected chi connectivity index (χ0v) is 8.97. The van der Waals surface area contributed by atoms with E-state index in [1.54, 1.807) is 0 Å². The first-order chi connectivity index (χ1) is 7.25. The lowest BCUT2D eigenvalue weighted by molar-refractivity contribution is 0.368. The lowest BCUT2D eigenvalue weighted by Crippen LogP contribution is -1.98. The van der Waals surface area contributed by atoms with E-state index in [1.807, 2.05) is 25.1 Å². The number of hydrogen-bond acceptors (Lipinski definition) is 3. The van der Waals surface area contributed by atoms with Crippen LogP contribution < -0.4 is 0 Å². The minimum Gasteiger partial charge on any atom is -0.339 e. The third kappa shape index (κ3) is 2.43. The Kier molecular flexibility index (Phi) is 2.81. The summed E-state index contributed by atoms with van der Waals surface area (Å²) in [6, 6.07) is 10.4. The third-order valence-corrected chi connectivity index (χ3v) is 2.42. The first-order valence-corrected chi connectivity index (χ1v) is 5.10. The van der Waals surface area contributed by atoms with Crippen molar-refractivity contribution in [2.24, 2.45) is 0 Å². The molecule has 0 spiro atoms. The van der Waals surface area contributed by atoms with Crippen molar-refractivity contribution in [3.63, 3.8) is 0 Å². The number of rotatable bonds is 3. The quantitative estimate of drug-likeness (QED) is 0.768. The first kappa shape index (κ1) is 9.90. The topological polar surface area (TPSA) is 38.9 Å². The van der Waals surface area contributed by atoms with E-state index in [2.05, 4.69) is 29.2 Å². The molecule has 0 amide bonds. The van der Waals surface area contributed by atoms with Crippen LogP contribution in [0.4, 0.5) is 0 Å². The molecule has 0 fully saturated rings. The van der Waals surface area contributed by atoms with Crippen molar-refractivity contribution in [3.05, 3.63) is 47.6 Å². The van der Waals surface area contributed by atoms with Gasteiger partial charge in [-0.15, -0.1) is 0 Å². The van der Waals surface area contributed by atoms with Crippen molar-refractivity contribution in [1.29, 1.82) is 0 Å². The Hall–Kier alpha value is -1.64. The summed E-state index contributed by atoms with van der Waals surface area (Å²) in [5.74, 6) is 1.82. The van der Waals surface area contributed by atoms with Gasteiger partial charge in [0.15, 0.2) is 5.82 Å². The largest absolute Gasteiger partial charge is 0.339 e. The second-order valence-electron chi connectivity index (χ2n) is 3.75. The molecule has 78 valence electrons. The molecular formula is C12H14N2O. The number of benzene rings is 1. The summed E-state index contributed by atoms with van der Waals surface area (Å²) in [4.78, 5) is 4.20. The van der Waals surface area contributed by atoms with Crippen LogP contribution in [0, 0.1) is 6.92 Å². The zero-order chi connectivity index (χ0) is 10.7. The van der Waals surface area contributed by atoms with Gasteiger partial charge in [-0.25, -0.2) is 0 Å². The van der Waals surface area contributed by atoms with Crippen LogP contribution in [0.25, 0.3) is 0 Å². The molecule has 0 radical (unpaired) electrons. The Morgan fingerprint density at radius 2 is 2.00 bits per heavy atom. The van der Waals surface area contributed by atoms with Gasteiger partial charge in [0.05, 0.1) is 0 Å². The van der Waals surface area contributed by atoms with E-state index in [1.165, 1.54) is 5.56 Å². The van der Waals surface area contributed by atoms with Gasteiger partial charge >= 0.3 is 0 Å². The molecule has 0 N–H and O–H groups in total. The van der Waals surface area contributed by atoms with Gasteiger partial charge < -0.3 is 4.52 Å². The highest BCUT2D eigenvalue weighted by molar-refractivity contribution is 5.19. The van der Waals surface area contributed by atoms with Gasteiger partial charge in [-0.3, -0.25) is 0 Å². The van der Waals surface area contributed by atoms with Gasteiger partial charge in [0, 0.05) is 6.42 Å². The Morgan fingerprint density at radius 1 is 1.27 bits per heavy atom. The highest BCUT2D eigenvalue weighted by Gasteiger charge is 2.10. The van der Waals surface area contributed by atoms with Gasteiger partial charge in [-0.2, -0.15) is 4.98 Å². The number of hydrogen-bond donors (Lipinski definition) is 0. The summed E-state index contributed by atoms with van der Waals surface area (Å²) in [6.45, 7) is 4.00. The Morgan fingerprint density at radius 3 is 2.60 bits per heavy atom. The lowest BCUT2D eigenvalue weighted by atomic mass is 9.98. The van der Waals surface area contributed by atoms with Gasteiger partial charge in [-0.1, -0.05) is 42.4 Å². The molecule has 0 saturated heterocycles. The Labute approximate surface area is 89.1 Å². The lowest BCUT2D eigenvalue weighted by Gasteiger charge is -2.07. The molecule has 0 aliphatic carbocycles. The maximum Gasteiger partial charge on any atom is 0.227 e. The van der Waals surface area contributed by atoms with Crippen LogP contribution in [0.2, 0.25) is 0 Å². The highest BCUT2D eigenvalue weighted by Crippen LogP contribution is 2.18. The van der Waals surface area contributed by atoms with E-state index in [9.17, 15) is 0 Å². The van der Waals surface area contributed by atoms with Gasteiger partial charge in [-0.05, 0) is 18.4 Å². The van der Waals surface area contributed by atoms with Gasteiger partial charge in [0.25, 0.3) is 0 Å². The monoisotopic (exact) mass is 202 g/mol. The fourth-order valence-corrected chi connectivity index (χ4v) is 1.58. The average molecular weight is 202 g/mol. The molecule has 1 aromatic heterocycles. The maximum atomic E-state index is 5.10. The Bertz CT molecular complexity index is 422. The summed E-state index contributed by atoms with van der Waals surface area (Å²) < 4.78 is 5.10. The third-order valence-electron chi connectivity index (χ3n) is 2.42. The molecule has 2 aromatic rings. The van der Waals surface area contributed by atoms with Gasteiger partial charge in [0.1, 0.15) is 0 Å². The van der Waals surface area contributed by atoms with Crippen LogP contribution in [0.1, 0.15) is 30.1 Å². The molecule has 3 heteroatoms. The molecule has 0 saturated carbocycles. The van der Waals surface area contributed by atoms with Crippen LogP contribution in [0.5, 0.6) is 0 Å². The zero-order valence-electron chi connectivity index (χ0n) is 8.97. The minimum atomic E-state index is 0.408. The molecule has 0 aliphatic heterocycles. The molecular weight excluding hydrogens is 188 g/mol. The van der Waals surface area contributed by atoms with E-state index in [0.29, 0.717) is 17.6 Å².